The molecule has 2 saturated heterocycles. The number of benzene rings is 1. The fraction of sp³-hybridized carbons (Fsp3) is 0.471. The minimum atomic E-state index is -0.819. The van der Waals surface area contributed by atoms with Gasteiger partial charge in [0.15, 0.2) is 6.10 Å². The third-order valence-corrected chi connectivity index (χ3v) is 4.37. The van der Waals surface area contributed by atoms with Crippen molar-refractivity contribution in [3.63, 3.8) is 0 Å². The van der Waals surface area contributed by atoms with Crippen LogP contribution >= 0.6 is 0 Å². The van der Waals surface area contributed by atoms with Crippen LogP contribution in [0.15, 0.2) is 30.3 Å². The van der Waals surface area contributed by atoms with E-state index in [1.165, 1.54) is 9.80 Å². The molecule has 1 aromatic rings. The Bertz CT molecular complexity index is 651. The summed E-state index contributed by atoms with van der Waals surface area (Å²) >= 11 is 0. The molecule has 0 radical (unpaired) electrons. The van der Waals surface area contributed by atoms with E-state index in [0.717, 1.165) is 5.56 Å². The lowest BCUT2D eigenvalue weighted by molar-refractivity contribution is -0.164. The first kappa shape index (κ1) is 17.4. The van der Waals surface area contributed by atoms with Gasteiger partial charge in [-0.3, -0.25) is 14.4 Å². The number of carbonyl (C=O) groups excluding carboxylic acids is 3. The molecule has 2 atom stereocenters. The molecule has 8 heteroatoms. The van der Waals surface area contributed by atoms with Crippen molar-refractivity contribution in [1.82, 2.24) is 9.80 Å². The molecule has 0 aromatic heterocycles. The van der Waals surface area contributed by atoms with Gasteiger partial charge in [-0.05, 0) is 5.56 Å². The van der Waals surface area contributed by atoms with Gasteiger partial charge in [0.05, 0.1) is 19.8 Å². The molecule has 2 fully saturated rings. The number of hydrogen-bond acceptors (Lipinski definition) is 5. The van der Waals surface area contributed by atoms with Crippen LogP contribution in [0.4, 0.5) is 0 Å². The topological polar surface area (TPSA) is 102 Å². The van der Waals surface area contributed by atoms with E-state index in [4.69, 9.17) is 15.2 Å². The molecular formula is C17H21N3O5. The van der Waals surface area contributed by atoms with Gasteiger partial charge in [0, 0.05) is 13.1 Å². The van der Waals surface area contributed by atoms with E-state index in [-0.39, 0.29) is 38.2 Å². The average molecular weight is 347 g/mol. The van der Waals surface area contributed by atoms with E-state index in [2.05, 4.69) is 0 Å². The molecule has 3 amide bonds. The first-order chi connectivity index (χ1) is 12.1. The summed E-state index contributed by atoms with van der Waals surface area (Å²) in [6, 6.07) is 8.76. The van der Waals surface area contributed by atoms with Crippen LogP contribution in [0.25, 0.3) is 0 Å². The van der Waals surface area contributed by atoms with E-state index < -0.39 is 18.1 Å². The molecule has 1 aromatic carbocycles. The zero-order valence-electron chi connectivity index (χ0n) is 13.8. The van der Waals surface area contributed by atoms with Crippen molar-refractivity contribution in [3.8, 4) is 0 Å². The van der Waals surface area contributed by atoms with E-state index in [9.17, 15) is 14.4 Å². The van der Waals surface area contributed by atoms with Crippen LogP contribution in [0.5, 0.6) is 0 Å². The number of amides is 3. The molecule has 0 spiro atoms. The minimum absolute atomic E-state index is 0.0381. The summed E-state index contributed by atoms with van der Waals surface area (Å²) in [5, 5.41) is 0. The molecule has 0 aliphatic carbocycles. The fourth-order valence-corrected chi connectivity index (χ4v) is 3.02. The van der Waals surface area contributed by atoms with Gasteiger partial charge < -0.3 is 25.0 Å². The van der Waals surface area contributed by atoms with Crippen molar-refractivity contribution < 1.29 is 23.9 Å². The highest BCUT2D eigenvalue weighted by atomic mass is 16.5. The number of hydrogen-bond donors (Lipinski definition) is 1. The van der Waals surface area contributed by atoms with Crippen LogP contribution in [0, 0.1) is 0 Å². The van der Waals surface area contributed by atoms with Gasteiger partial charge in [-0.2, -0.15) is 0 Å². The van der Waals surface area contributed by atoms with Crippen molar-refractivity contribution in [2.24, 2.45) is 5.73 Å². The molecule has 2 N–H and O–H groups in total. The molecule has 2 heterocycles. The Hall–Kier alpha value is -2.45. The summed E-state index contributed by atoms with van der Waals surface area (Å²) in [7, 11) is 0. The lowest BCUT2D eigenvalue weighted by atomic mass is 10.1. The maximum Gasteiger partial charge on any atom is 0.249 e. The third kappa shape index (κ3) is 3.97. The highest BCUT2D eigenvalue weighted by Crippen LogP contribution is 2.17. The van der Waals surface area contributed by atoms with Crippen molar-refractivity contribution in [2.75, 3.05) is 32.9 Å². The molecule has 134 valence electrons. The second kappa shape index (κ2) is 7.62. The summed E-state index contributed by atoms with van der Waals surface area (Å²) in [6.45, 7) is 1.12. The van der Waals surface area contributed by atoms with Crippen LogP contribution in [0.2, 0.25) is 0 Å². The Morgan fingerprint density at radius 2 is 2.00 bits per heavy atom. The lowest BCUT2D eigenvalue weighted by Gasteiger charge is -2.39. The number of nitrogens with zero attached hydrogens (tertiary/aromatic N) is 2. The lowest BCUT2D eigenvalue weighted by Crippen LogP contribution is -2.60. The summed E-state index contributed by atoms with van der Waals surface area (Å²) < 4.78 is 10.6. The molecule has 0 saturated carbocycles. The molecule has 2 aliphatic rings. The Morgan fingerprint density at radius 3 is 2.72 bits per heavy atom. The van der Waals surface area contributed by atoms with Gasteiger partial charge in [-0.15, -0.1) is 0 Å². The van der Waals surface area contributed by atoms with Crippen LogP contribution in [0.1, 0.15) is 5.56 Å². The van der Waals surface area contributed by atoms with Crippen molar-refractivity contribution in [3.05, 3.63) is 35.9 Å². The standard InChI is InChI=1S/C17H21N3O5/c18-16(22)14-9-19(6-7-25-14)17(23)13-10-24-11-15(21)20(13)8-12-4-2-1-3-5-12/h1-5,13-14H,6-11H2,(H2,18,22)/t13-,14-/m0/s1. The van der Waals surface area contributed by atoms with Crippen LogP contribution in [0.3, 0.4) is 0 Å². The minimum Gasteiger partial charge on any atom is -0.369 e. The van der Waals surface area contributed by atoms with Gasteiger partial charge in [0.2, 0.25) is 17.7 Å². The normalized spacial score (nSPS) is 24.2. The molecule has 2 aliphatic heterocycles. The van der Waals surface area contributed by atoms with Crippen molar-refractivity contribution in [2.45, 2.75) is 18.7 Å². The average Bonchev–Trinajstić information content (AvgIpc) is 2.64. The van der Waals surface area contributed by atoms with Gasteiger partial charge in [0.25, 0.3) is 0 Å². The summed E-state index contributed by atoms with van der Waals surface area (Å²) in [5.74, 6) is -1.08. The zero-order chi connectivity index (χ0) is 17.8. The first-order valence-electron chi connectivity index (χ1n) is 8.17. The highest BCUT2D eigenvalue weighted by Gasteiger charge is 2.38. The number of ether oxygens (including phenoxy) is 2. The smallest absolute Gasteiger partial charge is 0.249 e. The molecule has 8 nitrogen and oxygen atoms in total. The second-order valence-electron chi connectivity index (χ2n) is 6.08. The fourth-order valence-electron chi connectivity index (χ4n) is 3.02. The van der Waals surface area contributed by atoms with Gasteiger partial charge >= 0.3 is 0 Å². The highest BCUT2D eigenvalue weighted by molar-refractivity contribution is 5.90. The first-order valence-corrected chi connectivity index (χ1v) is 8.17. The van der Waals surface area contributed by atoms with Gasteiger partial charge in [-0.25, -0.2) is 0 Å². The Labute approximate surface area is 145 Å². The predicted octanol–water partition coefficient (Wildman–Crippen LogP) is -0.873. The number of carbonyl (C=O) groups is 3. The molecule has 0 unspecified atom stereocenters. The van der Waals surface area contributed by atoms with E-state index >= 15 is 0 Å². The Morgan fingerprint density at radius 1 is 1.24 bits per heavy atom. The molecular weight excluding hydrogens is 326 g/mol. The Kier molecular flexibility index (Phi) is 5.30. The largest absolute Gasteiger partial charge is 0.369 e. The molecule has 3 rings (SSSR count). The number of morpholine rings is 2. The predicted molar refractivity (Wildman–Crippen MR) is 87.1 cm³/mol. The second-order valence-corrected chi connectivity index (χ2v) is 6.08. The zero-order valence-corrected chi connectivity index (χ0v) is 13.8. The van der Waals surface area contributed by atoms with E-state index in [1.807, 2.05) is 30.3 Å². The quantitative estimate of drug-likeness (QED) is 0.763. The third-order valence-electron chi connectivity index (χ3n) is 4.37. The number of nitrogens with two attached hydrogens (primary N) is 1. The summed E-state index contributed by atoms with van der Waals surface area (Å²) in [5.41, 5.74) is 6.21. The SMILES string of the molecule is NC(=O)[C@@H]1CN(C(=O)[C@@H]2COCC(=O)N2Cc2ccccc2)CCO1. The molecule has 25 heavy (non-hydrogen) atoms. The summed E-state index contributed by atoms with van der Waals surface area (Å²) in [6.07, 6.45) is -0.819. The maximum atomic E-state index is 12.9. The molecule has 0 bridgehead atoms. The van der Waals surface area contributed by atoms with Gasteiger partial charge in [-0.1, -0.05) is 30.3 Å². The number of primary amides is 1. The number of rotatable bonds is 4. The van der Waals surface area contributed by atoms with Crippen LogP contribution in [-0.2, 0) is 30.4 Å². The van der Waals surface area contributed by atoms with Crippen LogP contribution < -0.4 is 5.73 Å². The van der Waals surface area contributed by atoms with Gasteiger partial charge in [0.1, 0.15) is 12.6 Å². The van der Waals surface area contributed by atoms with E-state index in [1.54, 1.807) is 0 Å². The summed E-state index contributed by atoms with van der Waals surface area (Å²) in [4.78, 5) is 39.6. The van der Waals surface area contributed by atoms with Crippen LogP contribution in [-0.4, -0.2) is 72.6 Å². The maximum absolute atomic E-state index is 12.9. The van der Waals surface area contributed by atoms with Crippen molar-refractivity contribution in [1.29, 1.82) is 0 Å². The monoisotopic (exact) mass is 347 g/mol. The van der Waals surface area contributed by atoms with Crippen molar-refractivity contribution >= 4 is 17.7 Å². The Balaban J connectivity index is 1.74. The van der Waals surface area contributed by atoms with E-state index in [0.29, 0.717) is 13.1 Å².